The quantitative estimate of drug-likeness (QED) is 0.852. The van der Waals surface area contributed by atoms with Crippen molar-refractivity contribution >= 4 is 5.82 Å². The van der Waals surface area contributed by atoms with Crippen molar-refractivity contribution in [1.82, 2.24) is 19.7 Å². The lowest BCUT2D eigenvalue weighted by molar-refractivity contribution is 0.697. The first-order valence-electron chi connectivity index (χ1n) is 5.80. The van der Waals surface area contributed by atoms with E-state index in [2.05, 4.69) is 27.4 Å². The van der Waals surface area contributed by atoms with Gasteiger partial charge in [0.05, 0.1) is 5.56 Å². The number of hydrogen-bond acceptors (Lipinski definition) is 5. The molecule has 1 N–H and O–H groups in total. The fourth-order valence-electron chi connectivity index (χ4n) is 1.60. The number of anilines is 1. The normalized spacial score (nSPS) is 10.0. The fraction of sp³-hybridized carbons (Fsp3) is 0.333. The molecule has 0 amide bonds. The van der Waals surface area contributed by atoms with E-state index in [-0.39, 0.29) is 0 Å². The Morgan fingerprint density at radius 1 is 1.44 bits per heavy atom. The van der Waals surface area contributed by atoms with Crippen molar-refractivity contribution in [3.63, 3.8) is 0 Å². The molecule has 0 bridgehead atoms. The van der Waals surface area contributed by atoms with E-state index in [9.17, 15) is 0 Å². The van der Waals surface area contributed by atoms with Gasteiger partial charge in [0.2, 0.25) is 0 Å². The van der Waals surface area contributed by atoms with E-state index in [1.54, 1.807) is 24.7 Å². The molecule has 0 radical (unpaired) electrons. The predicted octanol–water partition coefficient (Wildman–Crippen LogP) is 1.22. The van der Waals surface area contributed by atoms with Crippen LogP contribution in [0.2, 0.25) is 0 Å². The minimum Gasteiger partial charge on any atom is -0.370 e. The average Bonchev–Trinajstić information content (AvgIpc) is 2.87. The van der Waals surface area contributed by atoms with E-state index in [0.717, 1.165) is 31.2 Å². The minimum absolute atomic E-state index is 0.561. The van der Waals surface area contributed by atoms with Crippen molar-refractivity contribution in [1.29, 1.82) is 5.26 Å². The maximum Gasteiger partial charge on any atom is 0.134 e. The Bertz CT molecular complexity index is 536. The summed E-state index contributed by atoms with van der Waals surface area (Å²) in [5.41, 5.74) is 0.561. The molecule has 2 aromatic heterocycles. The highest BCUT2D eigenvalue weighted by atomic mass is 15.3. The summed E-state index contributed by atoms with van der Waals surface area (Å²) in [6.07, 6.45) is 4.07. The van der Waals surface area contributed by atoms with Gasteiger partial charge < -0.3 is 9.88 Å². The number of aromatic nitrogens is 4. The predicted molar refractivity (Wildman–Crippen MR) is 66.8 cm³/mol. The SMILES string of the molecule is CCn1cnnc1CCNc1ccc(C#N)cn1. The summed E-state index contributed by atoms with van der Waals surface area (Å²) < 4.78 is 2.01. The Kier molecular flexibility index (Phi) is 3.86. The Morgan fingerprint density at radius 2 is 2.33 bits per heavy atom. The molecule has 0 atom stereocenters. The van der Waals surface area contributed by atoms with E-state index < -0.39 is 0 Å². The molecule has 0 unspecified atom stereocenters. The van der Waals surface area contributed by atoms with Crippen LogP contribution in [0.1, 0.15) is 18.3 Å². The highest BCUT2D eigenvalue weighted by molar-refractivity contribution is 5.38. The van der Waals surface area contributed by atoms with Gasteiger partial charge >= 0.3 is 0 Å². The van der Waals surface area contributed by atoms with Crippen LogP contribution in [-0.2, 0) is 13.0 Å². The molecule has 92 valence electrons. The Morgan fingerprint density at radius 3 is 3.00 bits per heavy atom. The molecule has 2 heterocycles. The summed E-state index contributed by atoms with van der Waals surface area (Å²) in [6, 6.07) is 5.57. The molecule has 0 aliphatic rings. The third-order valence-corrected chi connectivity index (χ3v) is 2.58. The summed E-state index contributed by atoms with van der Waals surface area (Å²) in [5, 5.41) is 19.8. The van der Waals surface area contributed by atoms with Crippen LogP contribution in [0.4, 0.5) is 5.82 Å². The molecule has 2 rings (SSSR count). The van der Waals surface area contributed by atoms with E-state index in [4.69, 9.17) is 5.26 Å². The second-order valence-corrected chi connectivity index (χ2v) is 3.75. The van der Waals surface area contributed by atoms with Crippen molar-refractivity contribution in [2.75, 3.05) is 11.9 Å². The lowest BCUT2D eigenvalue weighted by Gasteiger charge is -2.05. The van der Waals surface area contributed by atoms with Crippen LogP contribution < -0.4 is 5.32 Å². The van der Waals surface area contributed by atoms with Gasteiger partial charge in [0.25, 0.3) is 0 Å². The molecule has 0 aliphatic carbocycles. The van der Waals surface area contributed by atoms with Crippen LogP contribution in [0.3, 0.4) is 0 Å². The Balaban J connectivity index is 1.87. The highest BCUT2D eigenvalue weighted by Crippen LogP contribution is 2.04. The summed E-state index contributed by atoms with van der Waals surface area (Å²) in [4.78, 5) is 4.13. The van der Waals surface area contributed by atoms with Crippen LogP contribution in [-0.4, -0.2) is 26.3 Å². The molecule has 6 heteroatoms. The van der Waals surface area contributed by atoms with Gasteiger partial charge in [-0.05, 0) is 19.1 Å². The number of hydrogen-bond donors (Lipinski definition) is 1. The van der Waals surface area contributed by atoms with Crippen molar-refractivity contribution in [3.8, 4) is 6.07 Å². The zero-order chi connectivity index (χ0) is 12.8. The van der Waals surface area contributed by atoms with Gasteiger partial charge in [0.1, 0.15) is 24.0 Å². The zero-order valence-corrected chi connectivity index (χ0v) is 10.2. The highest BCUT2D eigenvalue weighted by Gasteiger charge is 2.02. The smallest absolute Gasteiger partial charge is 0.134 e. The summed E-state index contributed by atoms with van der Waals surface area (Å²) in [6.45, 7) is 3.66. The van der Waals surface area contributed by atoms with Gasteiger partial charge in [-0.3, -0.25) is 0 Å². The maximum absolute atomic E-state index is 8.66. The largest absolute Gasteiger partial charge is 0.370 e. The molecule has 0 aliphatic heterocycles. The average molecular weight is 242 g/mol. The Labute approximate surface area is 105 Å². The fourth-order valence-corrected chi connectivity index (χ4v) is 1.60. The molecule has 0 fully saturated rings. The monoisotopic (exact) mass is 242 g/mol. The number of rotatable bonds is 5. The third-order valence-electron chi connectivity index (χ3n) is 2.58. The second kappa shape index (κ2) is 5.77. The van der Waals surface area contributed by atoms with E-state index in [0.29, 0.717) is 5.56 Å². The molecular weight excluding hydrogens is 228 g/mol. The third kappa shape index (κ3) is 2.83. The molecular formula is C12H14N6. The van der Waals surface area contributed by atoms with Gasteiger partial charge in [-0.25, -0.2) is 4.98 Å². The van der Waals surface area contributed by atoms with Crippen LogP contribution in [0, 0.1) is 11.3 Å². The minimum atomic E-state index is 0.561. The topological polar surface area (TPSA) is 79.4 Å². The van der Waals surface area contributed by atoms with Crippen molar-refractivity contribution in [3.05, 3.63) is 36.0 Å². The van der Waals surface area contributed by atoms with Gasteiger partial charge in [-0.2, -0.15) is 5.26 Å². The van der Waals surface area contributed by atoms with Crippen LogP contribution >= 0.6 is 0 Å². The van der Waals surface area contributed by atoms with E-state index >= 15 is 0 Å². The van der Waals surface area contributed by atoms with Gasteiger partial charge in [0, 0.05) is 25.7 Å². The van der Waals surface area contributed by atoms with Crippen molar-refractivity contribution < 1.29 is 0 Å². The molecule has 6 nitrogen and oxygen atoms in total. The van der Waals surface area contributed by atoms with Gasteiger partial charge in [-0.1, -0.05) is 0 Å². The molecule has 0 saturated heterocycles. The number of aryl methyl sites for hydroxylation is 1. The van der Waals surface area contributed by atoms with Gasteiger partial charge in [-0.15, -0.1) is 10.2 Å². The van der Waals surface area contributed by atoms with Gasteiger partial charge in [0.15, 0.2) is 0 Å². The zero-order valence-electron chi connectivity index (χ0n) is 10.2. The first kappa shape index (κ1) is 12.0. The maximum atomic E-state index is 8.66. The Hall–Kier alpha value is -2.42. The van der Waals surface area contributed by atoms with E-state index in [1.165, 1.54) is 0 Å². The van der Waals surface area contributed by atoms with Crippen molar-refractivity contribution in [2.45, 2.75) is 19.9 Å². The first-order chi connectivity index (χ1) is 8.83. The lowest BCUT2D eigenvalue weighted by atomic mass is 10.3. The first-order valence-corrected chi connectivity index (χ1v) is 5.80. The van der Waals surface area contributed by atoms with Crippen LogP contribution in [0.15, 0.2) is 24.7 Å². The number of nitrogens with one attached hydrogen (secondary N) is 1. The number of pyridine rings is 1. The molecule has 0 aromatic carbocycles. The molecule has 18 heavy (non-hydrogen) atoms. The molecule has 2 aromatic rings. The molecule has 0 saturated carbocycles. The summed E-state index contributed by atoms with van der Waals surface area (Å²) in [7, 11) is 0. The van der Waals surface area contributed by atoms with E-state index in [1.807, 2.05) is 10.6 Å². The number of nitriles is 1. The van der Waals surface area contributed by atoms with Crippen LogP contribution in [0.5, 0.6) is 0 Å². The van der Waals surface area contributed by atoms with Crippen molar-refractivity contribution in [2.24, 2.45) is 0 Å². The summed E-state index contributed by atoms with van der Waals surface area (Å²) >= 11 is 0. The van der Waals surface area contributed by atoms with Crippen LogP contribution in [0.25, 0.3) is 0 Å². The second-order valence-electron chi connectivity index (χ2n) is 3.75. The summed E-state index contributed by atoms with van der Waals surface area (Å²) in [5.74, 6) is 1.72. The standard InChI is InChI=1S/C12H14N6/c1-2-18-9-16-17-12(18)5-6-14-11-4-3-10(7-13)8-15-11/h3-4,8-9H,2,5-6H2,1H3,(H,14,15). The molecule has 0 spiro atoms. The number of nitrogens with zero attached hydrogens (tertiary/aromatic N) is 5. The lowest BCUT2D eigenvalue weighted by Crippen LogP contribution is -2.10.